The van der Waals surface area contributed by atoms with Gasteiger partial charge in [-0.2, -0.15) is 0 Å². The van der Waals surface area contributed by atoms with E-state index in [4.69, 9.17) is 4.74 Å². The third kappa shape index (κ3) is 3.13. The van der Waals surface area contributed by atoms with Crippen LogP contribution in [0.3, 0.4) is 0 Å². The first-order valence-corrected chi connectivity index (χ1v) is 9.80. The molecule has 0 radical (unpaired) electrons. The maximum atomic E-state index is 12.9. The summed E-state index contributed by atoms with van der Waals surface area (Å²) in [6.07, 6.45) is 3.31. The van der Waals surface area contributed by atoms with Crippen molar-refractivity contribution >= 4 is 17.5 Å². The quantitative estimate of drug-likeness (QED) is 0.837. The Kier molecular flexibility index (Phi) is 4.51. The molecule has 0 unspecified atom stereocenters. The second-order valence-electron chi connectivity index (χ2n) is 8.26. The van der Waals surface area contributed by atoms with E-state index in [1.165, 1.54) is 5.56 Å². The SMILES string of the molecule is CC(C)c1ccc(N2C[C@H](C(=O)N3CCC4(CCO4)CC3)CC2=O)cc1. The number of hydrogen-bond acceptors (Lipinski definition) is 3. The molecule has 140 valence electrons. The van der Waals surface area contributed by atoms with Crippen molar-refractivity contribution in [2.24, 2.45) is 5.92 Å². The predicted octanol–water partition coefficient (Wildman–Crippen LogP) is 2.94. The summed E-state index contributed by atoms with van der Waals surface area (Å²) in [5.74, 6) is 0.434. The lowest BCUT2D eigenvalue weighted by Crippen LogP contribution is -2.54. The number of hydrogen-bond donors (Lipinski definition) is 0. The van der Waals surface area contributed by atoms with Crippen molar-refractivity contribution in [1.82, 2.24) is 4.90 Å². The van der Waals surface area contributed by atoms with E-state index in [9.17, 15) is 9.59 Å². The third-order valence-corrected chi connectivity index (χ3v) is 6.30. The van der Waals surface area contributed by atoms with Gasteiger partial charge in [-0.05, 0) is 42.9 Å². The fraction of sp³-hybridized carbons (Fsp3) is 0.619. The Bertz CT molecular complexity index is 684. The van der Waals surface area contributed by atoms with Crippen LogP contribution in [0.1, 0.15) is 51.0 Å². The number of carbonyl (C=O) groups excluding carboxylic acids is 2. The molecule has 0 N–H and O–H groups in total. The van der Waals surface area contributed by atoms with Crippen LogP contribution in [-0.4, -0.2) is 48.6 Å². The topological polar surface area (TPSA) is 49.9 Å². The molecule has 3 saturated heterocycles. The Morgan fingerprint density at radius 3 is 2.35 bits per heavy atom. The summed E-state index contributed by atoms with van der Waals surface area (Å²) in [7, 11) is 0. The van der Waals surface area contributed by atoms with Gasteiger partial charge in [0.2, 0.25) is 11.8 Å². The van der Waals surface area contributed by atoms with Gasteiger partial charge in [-0.15, -0.1) is 0 Å². The smallest absolute Gasteiger partial charge is 0.228 e. The highest BCUT2D eigenvalue weighted by Gasteiger charge is 2.44. The van der Waals surface area contributed by atoms with Crippen LogP contribution in [0.25, 0.3) is 0 Å². The Morgan fingerprint density at radius 1 is 1.15 bits per heavy atom. The molecule has 1 aromatic carbocycles. The number of rotatable bonds is 3. The number of likely N-dealkylation sites (tertiary alicyclic amines) is 1. The predicted molar refractivity (Wildman–Crippen MR) is 100 cm³/mol. The summed E-state index contributed by atoms with van der Waals surface area (Å²) in [5.41, 5.74) is 2.20. The van der Waals surface area contributed by atoms with Crippen molar-refractivity contribution < 1.29 is 14.3 Å². The van der Waals surface area contributed by atoms with Crippen molar-refractivity contribution in [2.45, 2.75) is 51.0 Å². The van der Waals surface area contributed by atoms with Gasteiger partial charge in [0.25, 0.3) is 0 Å². The maximum Gasteiger partial charge on any atom is 0.228 e. The van der Waals surface area contributed by atoms with E-state index >= 15 is 0 Å². The van der Waals surface area contributed by atoms with Crippen molar-refractivity contribution in [1.29, 1.82) is 0 Å². The molecule has 0 aliphatic carbocycles. The van der Waals surface area contributed by atoms with Crippen molar-refractivity contribution in [3.63, 3.8) is 0 Å². The maximum absolute atomic E-state index is 12.9. The summed E-state index contributed by atoms with van der Waals surface area (Å²) in [4.78, 5) is 29.1. The first-order valence-electron chi connectivity index (χ1n) is 9.80. The Balaban J connectivity index is 1.38. The molecule has 26 heavy (non-hydrogen) atoms. The second-order valence-corrected chi connectivity index (χ2v) is 8.26. The van der Waals surface area contributed by atoms with Gasteiger partial charge in [-0.1, -0.05) is 26.0 Å². The zero-order valence-electron chi connectivity index (χ0n) is 15.7. The summed E-state index contributed by atoms with van der Waals surface area (Å²) in [6, 6.07) is 8.15. The van der Waals surface area contributed by atoms with E-state index < -0.39 is 0 Å². The van der Waals surface area contributed by atoms with Gasteiger partial charge in [-0.25, -0.2) is 0 Å². The summed E-state index contributed by atoms with van der Waals surface area (Å²) in [6.45, 7) is 7.18. The third-order valence-electron chi connectivity index (χ3n) is 6.30. The largest absolute Gasteiger partial charge is 0.375 e. The van der Waals surface area contributed by atoms with Gasteiger partial charge < -0.3 is 14.5 Å². The zero-order valence-corrected chi connectivity index (χ0v) is 15.7. The standard InChI is InChI=1S/C21H28N2O3/c1-15(2)16-3-5-18(6-4-16)23-14-17(13-19(23)24)20(25)22-10-7-21(8-11-22)9-12-26-21/h3-6,15,17H,7-14H2,1-2H3/t17-/m1/s1. The normalized spacial score (nSPS) is 25.0. The van der Waals surface area contributed by atoms with E-state index in [0.29, 0.717) is 18.9 Å². The molecule has 3 fully saturated rings. The van der Waals surface area contributed by atoms with Crippen LogP contribution in [0.4, 0.5) is 5.69 Å². The average molecular weight is 356 g/mol. The Labute approximate surface area is 155 Å². The van der Waals surface area contributed by atoms with Crippen LogP contribution in [0, 0.1) is 5.92 Å². The highest BCUT2D eigenvalue weighted by Crippen LogP contribution is 2.37. The number of anilines is 1. The van der Waals surface area contributed by atoms with Gasteiger partial charge in [0.15, 0.2) is 0 Å². The number of carbonyl (C=O) groups is 2. The summed E-state index contributed by atoms with van der Waals surface area (Å²) in [5, 5.41) is 0. The highest BCUT2D eigenvalue weighted by atomic mass is 16.5. The molecule has 3 aliphatic heterocycles. The lowest BCUT2D eigenvalue weighted by molar-refractivity contribution is -0.177. The summed E-state index contributed by atoms with van der Waals surface area (Å²) >= 11 is 0. The lowest BCUT2D eigenvalue weighted by Gasteiger charge is -2.47. The molecule has 0 saturated carbocycles. The van der Waals surface area contributed by atoms with Gasteiger partial charge in [-0.3, -0.25) is 9.59 Å². The van der Waals surface area contributed by atoms with E-state index in [-0.39, 0.29) is 23.3 Å². The van der Waals surface area contributed by atoms with E-state index in [1.54, 1.807) is 4.90 Å². The minimum atomic E-state index is -0.219. The fourth-order valence-corrected chi connectivity index (χ4v) is 4.34. The second kappa shape index (κ2) is 6.69. The summed E-state index contributed by atoms with van der Waals surface area (Å²) < 4.78 is 5.73. The molecule has 1 aromatic rings. The molecule has 1 atom stereocenters. The van der Waals surface area contributed by atoms with Crippen LogP contribution >= 0.6 is 0 Å². The minimum absolute atomic E-state index is 0.0481. The highest BCUT2D eigenvalue weighted by molar-refractivity contribution is 6.00. The van der Waals surface area contributed by atoms with Crippen LogP contribution in [0.15, 0.2) is 24.3 Å². The first-order chi connectivity index (χ1) is 12.5. The molecule has 4 rings (SSSR count). The van der Waals surface area contributed by atoms with Crippen LogP contribution in [0.5, 0.6) is 0 Å². The minimum Gasteiger partial charge on any atom is -0.375 e. The van der Waals surface area contributed by atoms with Crippen molar-refractivity contribution in [3.8, 4) is 0 Å². The molecular weight excluding hydrogens is 328 g/mol. The van der Waals surface area contributed by atoms with Gasteiger partial charge >= 0.3 is 0 Å². The molecule has 3 heterocycles. The molecule has 1 spiro atoms. The van der Waals surface area contributed by atoms with Crippen LogP contribution in [0.2, 0.25) is 0 Å². The number of nitrogens with zero attached hydrogens (tertiary/aromatic N) is 2. The van der Waals surface area contributed by atoms with Crippen LogP contribution < -0.4 is 4.90 Å². The molecule has 5 heteroatoms. The van der Waals surface area contributed by atoms with Crippen LogP contribution in [-0.2, 0) is 14.3 Å². The Hall–Kier alpha value is -1.88. The Morgan fingerprint density at radius 2 is 1.81 bits per heavy atom. The number of benzene rings is 1. The van der Waals surface area contributed by atoms with Gasteiger partial charge in [0, 0.05) is 31.7 Å². The molecular formula is C21H28N2O3. The monoisotopic (exact) mass is 356 g/mol. The van der Waals surface area contributed by atoms with Gasteiger partial charge in [0.1, 0.15) is 0 Å². The van der Waals surface area contributed by atoms with Gasteiger partial charge in [0.05, 0.1) is 18.1 Å². The van der Waals surface area contributed by atoms with Crippen molar-refractivity contribution in [3.05, 3.63) is 29.8 Å². The first kappa shape index (κ1) is 17.5. The fourth-order valence-electron chi connectivity index (χ4n) is 4.34. The van der Waals surface area contributed by atoms with Crippen molar-refractivity contribution in [2.75, 3.05) is 31.1 Å². The lowest BCUT2D eigenvalue weighted by atomic mass is 9.84. The molecule has 2 amide bonds. The zero-order chi connectivity index (χ0) is 18.3. The van der Waals surface area contributed by atoms with E-state index in [2.05, 4.69) is 26.0 Å². The number of amides is 2. The van der Waals surface area contributed by atoms with E-state index in [0.717, 1.165) is 44.6 Å². The number of piperidine rings is 1. The average Bonchev–Trinajstić information content (AvgIpc) is 3.01. The molecule has 0 aromatic heterocycles. The molecule has 0 bridgehead atoms. The number of ether oxygens (including phenoxy) is 1. The molecule has 3 aliphatic rings. The van der Waals surface area contributed by atoms with E-state index in [1.807, 2.05) is 17.0 Å². The molecule has 5 nitrogen and oxygen atoms in total.